The SMILES string of the molecule is Fc1[c-]c2c(C(F)(F)C(F)(F)C(F)(F)F)c3c(F)c(F)c(F)c(F)c3c(C(F)(F)C(F)(F)C(F)(F)F)c2c(F)c1F.[Br-].[Mg+2]. The van der Waals surface area contributed by atoms with E-state index in [1.807, 2.05) is 0 Å². The first-order chi connectivity index (χ1) is 18.1. The molecule has 0 atom stereocenters. The molecule has 0 unspecified atom stereocenters. The largest absolute Gasteiger partial charge is 2.00 e. The van der Waals surface area contributed by atoms with Gasteiger partial charge in [-0.15, -0.1) is 11.5 Å². The summed E-state index contributed by atoms with van der Waals surface area (Å²) in [5.41, 5.74) is -7.78. The van der Waals surface area contributed by atoms with Gasteiger partial charge in [0.05, 0.1) is 11.6 Å². The predicted octanol–water partition coefficient (Wildman–Crippen LogP) is 5.97. The average Bonchev–Trinajstić information content (AvgIpc) is 2.81. The summed E-state index contributed by atoms with van der Waals surface area (Å²) < 4.78 is 291. The number of alkyl halides is 14. The molecule has 0 aliphatic rings. The van der Waals surface area contributed by atoms with Gasteiger partial charge in [-0.1, -0.05) is 5.39 Å². The zero-order chi connectivity index (χ0) is 32.2. The van der Waals surface area contributed by atoms with E-state index in [0.29, 0.717) is 0 Å². The van der Waals surface area contributed by atoms with Crippen molar-refractivity contribution < 1.29 is 109 Å². The molecule has 0 fully saturated rings. The molecule has 0 aliphatic heterocycles. The van der Waals surface area contributed by atoms with Crippen LogP contribution >= 0.6 is 0 Å². The van der Waals surface area contributed by atoms with Gasteiger partial charge in [0.15, 0.2) is 23.3 Å². The van der Waals surface area contributed by atoms with Crippen molar-refractivity contribution >= 4 is 44.6 Å². The van der Waals surface area contributed by atoms with Crippen LogP contribution in [0.2, 0.25) is 0 Å². The Balaban J connectivity index is 0.00000462. The van der Waals surface area contributed by atoms with Crippen LogP contribution in [0, 0.1) is 46.8 Å². The Morgan fingerprint density at radius 2 is 0.698 bits per heavy atom. The fourth-order valence-electron chi connectivity index (χ4n) is 3.61. The molecule has 3 aromatic rings. The minimum absolute atomic E-state index is 0. The summed E-state index contributed by atoms with van der Waals surface area (Å²) in [5.74, 6) is -55.0. The molecule has 0 aliphatic carbocycles. The van der Waals surface area contributed by atoms with E-state index in [1.165, 1.54) is 0 Å². The van der Waals surface area contributed by atoms with Crippen molar-refractivity contribution in [3.8, 4) is 0 Å². The summed E-state index contributed by atoms with van der Waals surface area (Å²) in [5, 5.41) is -13.8. The molecule has 43 heavy (non-hydrogen) atoms. The van der Waals surface area contributed by atoms with Gasteiger partial charge >= 0.3 is 59.1 Å². The van der Waals surface area contributed by atoms with E-state index >= 15 is 0 Å². The molecule has 0 N–H and O–H groups in total. The van der Waals surface area contributed by atoms with Crippen LogP contribution in [0.1, 0.15) is 11.1 Å². The average molecular weight is 743 g/mol. The number of rotatable bonds is 4. The van der Waals surface area contributed by atoms with Gasteiger partial charge in [0.1, 0.15) is 5.82 Å². The minimum atomic E-state index is -7.72. The van der Waals surface area contributed by atoms with E-state index in [4.69, 9.17) is 0 Å². The monoisotopic (exact) mass is 742 g/mol. The van der Waals surface area contributed by atoms with Crippen LogP contribution in [-0.2, 0) is 11.8 Å². The summed E-state index contributed by atoms with van der Waals surface area (Å²) in [6.07, 6.45) is -15.1. The van der Waals surface area contributed by atoms with Crippen LogP contribution in [0.15, 0.2) is 0 Å². The number of hydrogen-bond acceptors (Lipinski definition) is 0. The molecule has 236 valence electrons. The van der Waals surface area contributed by atoms with E-state index in [0.717, 1.165) is 0 Å². The molecule has 23 heteroatoms. The van der Waals surface area contributed by atoms with E-state index in [2.05, 4.69) is 0 Å². The third kappa shape index (κ3) is 5.13. The normalized spacial score (nSPS) is 13.8. The zero-order valence-corrected chi connectivity index (χ0v) is 22.0. The fourth-order valence-corrected chi connectivity index (χ4v) is 3.61. The summed E-state index contributed by atoms with van der Waals surface area (Å²) in [6, 6.07) is 0.246. The van der Waals surface area contributed by atoms with Crippen molar-refractivity contribution in [2.45, 2.75) is 36.0 Å². The van der Waals surface area contributed by atoms with Crippen molar-refractivity contribution in [1.29, 1.82) is 0 Å². The maximum atomic E-state index is 14.8. The third-order valence-corrected chi connectivity index (χ3v) is 5.49. The van der Waals surface area contributed by atoms with Crippen LogP contribution < -0.4 is 17.0 Å². The minimum Gasteiger partial charge on any atom is -1.00 e. The van der Waals surface area contributed by atoms with Crippen molar-refractivity contribution in [1.82, 2.24) is 0 Å². The first-order valence-electron chi connectivity index (χ1n) is 9.47. The molecule has 0 saturated heterocycles. The van der Waals surface area contributed by atoms with Gasteiger partial charge in [0.25, 0.3) is 0 Å². The first kappa shape index (κ1) is 39.0. The molecule has 0 nitrogen and oxygen atoms in total. The van der Waals surface area contributed by atoms with Gasteiger partial charge in [-0.3, -0.25) is 4.39 Å². The molecular formula is C20BrF21Mg. The number of halogens is 22. The molecule has 0 amide bonds. The summed E-state index contributed by atoms with van der Waals surface area (Å²) in [4.78, 5) is 0. The van der Waals surface area contributed by atoms with Gasteiger partial charge in [0.2, 0.25) is 0 Å². The Morgan fingerprint density at radius 1 is 0.395 bits per heavy atom. The molecule has 0 bridgehead atoms. The quantitative estimate of drug-likeness (QED) is 0.0773. The molecule has 3 aromatic carbocycles. The second-order valence-electron chi connectivity index (χ2n) is 7.87. The predicted molar refractivity (Wildman–Crippen MR) is 95.5 cm³/mol. The van der Waals surface area contributed by atoms with Crippen LogP contribution in [0.25, 0.3) is 21.5 Å². The molecule has 0 heterocycles. The Labute approximate surface area is 247 Å². The van der Waals surface area contributed by atoms with Crippen LogP contribution in [0.4, 0.5) is 92.2 Å². The topological polar surface area (TPSA) is 0 Å². The second-order valence-corrected chi connectivity index (χ2v) is 7.87. The van der Waals surface area contributed by atoms with Gasteiger partial charge in [-0.05, 0) is 10.9 Å². The standard InChI is InChI=1S/C20F21.BrH.Mg/c21-3-1-2-4(10(23)9(3)22)8(16(30,31)18(34,35)20(39,40)41)6-5(11(24)13(26)14(27)12(6)25)7(2)15(28,29)17(32,33)19(36,37)38;;/h;1H;/q-1;;+2/p-1. The van der Waals surface area contributed by atoms with Crippen molar-refractivity contribution in [3.05, 3.63) is 57.9 Å². The smallest absolute Gasteiger partial charge is 1.00 e. The molecule has 0 aromatic heterocycles. The second kappa shape index (κ2) is 11.1. The summed E-state index contributed by atoms with van der Waals surface area (Å²) >= 11 is 0. The Morgan fingerprint density at radius 3 is 1.05 bits per heavy atom. The Hall–Kier alpha value is -2.04. The van der Waals surface area contributed by atoms with Crippen molar-refractivity contribution in [2.75, 3.05) is 0 Å². The van der Waals surface area contributed by atoms with Crippen LogP contribution in [0.5, 0.6) is 0 Å². The van der Waals surface area contributed by atoms with Crippen molar-refractivity contribution in [2.24, 2.45) is 0 Å². The van der Waals surface area contributed by atoms with E-state index < -0.39 is 109 Å². The van der Waals surface area contributed by atoms with Gasteiger partial charge in [-0.25, -0.2) is 35.1 Å². The van der Waals surface area contributed by atoms with Gasteiger partial charge < -0.3 is 17.0 Å². The molecular weight excluding hydrogens is 743 g/mol. The maximum absolute atomic E-state index is 14.8. The van der Waals surface area contributed by atoms with E-state index in [9.17, 15) is 92.2 Å². The molecule has 0 saturated carbocycles. The number of hydrogen-bond donors (Lipinski definition) is 0. The maximum Gasteiger partial charge on any atom is 2.00 e. The Kier molecular flexibility index (Phi) is 10.1. The summed E-state index contributed by atoms with van der Waals surface area (Å²) in [6.45, 7) is 0. The van der Waals surface area contributed by atoms with Crippen LogP contribution in [0.3, 0.4) is 0 Å². The fraction of sp³-hybridized carbons (Fsp3) is 0.300. The number of benzene rings is 3. The zero-order valence-electron chi connectivity index (χ0n) is 19.0. The first-order valence-corrected chi connectivity index (χ1v) is 9.47. The summed E-state index contributed by atoms with van der Waals surface area (Å²) in [7, 11) is 0. The van der Waals surface area contributed by atoms with E-state index in [1.54, 1.807) is 0 Å². The van der Waals surface area contributed by atoms with Crippen LogP contribution in [-0.4, -0.2) is 47.3 Å². The van der Waals surface area contributed by atoms with Gasteiger partial charge in [-0.2, -0.15) is 52.7 Å². The van der Waals surface area contributed by atoms with Gasteiger partial charge in [0, 0.05) is 10.9 Å². The Bertz CT molecular complexity index is 1590. The molecule has 0 spiro atoms. The van der Waals surface area contributed by atoms with Crippen molar-refractivity contribution in [3.63, 3.8) is 0 Å². The van der Waals surface area contributed by atoms with E-state index in [-0.39, 0.29) is 46.1 Å². The third-order valence-electron chi connectivity index (χ3n) is 5.49. The molecule has 3 rings (SSSR count). The molecule has 0 radical (unpaired) electrons. The number of fused-ring (bicyclic) bond motifs is 2.